The van der Waals surface area contributed by atoms with E-state index in [0.29, 0.717) is 0 Å². The minimum absolute atomic E-state index is 1.22. The summed E-state index contributed by atoms with van der Waals surface area (Å²) in [5.74, 6) is 0. The Kier molecular flexibility index (Phi) is 5.62. The molecule has 8 rings (SSSR count). The standard InChI is InChI=1S/C38H24S2/c1-3-7-31-21-25(13-17-29(31)5-1)9-11-27-15-19-33-35(23-27)39-38-34-20-16-28(24-36(34)40-37(33)38)12-10-26-14-18-30-6-2-4-8-32(30)22-26/h1-24H. The van der Waals surface area contributed by atoms with Crippen LogP contribution in [0.2, 0.25) is 0 Å². The van der Waals surface area contributed by atoms with E-state index < -0.39 is 0 Å². The zero-order chi connectivity index (χ0) is 26.5. The highest BCUT2D eigenvalue weighted by molar-refractivity contribution is 7.36. The molecule has 6 aromatic carbocycles. The Labute approximate surface area is 240 Å². The second-order valence-corrected chi connectivity index (χ2v) is 12.4. The van der Waals surface area contributed by atoms with Crippen molar-refractivity contribution in [3.05, 3.63) is 144 Å². The van der Waals surface area contributed by atoms with Crippen molar-refractivity contribution in [2.75, 3.05) is 0 Å². The molecule has 0 saturated heterocycles. The molecule has 40 heavy (non-hydrogen) atoms. The van der Waals surface area contributed by atoms with Crippen molar-refractivity contribution in [1.82, 2.24) is 0 Å². The molecule has 0 spiro atoms. The SMILES string of the molecule is C(=Cc1ccc2c(c1)sc1c3ccc(C=Cc4ccc5ccccc5c4)cc3sc21)c1ccc2ccccc2c1. The van der Waals surface area contributed by atoms with E-state index in [1.165, 1.54) is 73.4 Å². The molecule has 0 saturated carbocycles. The van der Waals surface area contributed by atoms with Gasteiger partial charge in [0.05, 0.1) is 9.40 Å². The van der Waals surface area contributed by atoms with Gasteiger partial charge in [-0.25, -0.2) is 0 Å². The minimum Gasteiger partial charge on any atom is -0.134 e. The van der Waals surface area contributed by atoms with E-state index in [-0.39, 0.29) is 0 Å². The number of fused-ring (bicyclic) bond motifs is 7. The van der Waals surface area contributed by atoms with Gasteiger partial charge in [-0.05, 0) is 68.1 Å². The molecule has 0 fully saturated rings. The van der Waals surface area contributed by atoms with Crippen LogP contribution in [0, 0.1) is 0 Å². The monoisotopic (exact) mass is 544 g/mol. The molecule has 0 nitrogen and oxygen atoms in total. The predicted octanol–water partition coefficient (Wildman–Crippen LogP) is 11.9. The highest BCUT2D eigenvalue weighted by atomic mass is 32.1. The summed E-state index contributed by atoms with van der Waals surface area (Å²) in [4.78, 5) is 0. The molecule has 0 aliphatic carbocycles. The molecular weight excluding hydrogens is 521 g/mol. The topological polar surface area (TPSA) is 0 Å². The van der Waals surface area contributed by atoms with Gasteiger partial charge in [-0.1, -0.05) is 121 Å². The molecule has 0 aliphatic rings. The van der Waals surface area contributed by atoms with Gasteiger partial charge in [0, 0.05) is 20.2 Å². The van der Waals surface area contributed by atoms with E-state index in [1.807, 2.05) is 22.7 Å². The Morgan fingerprint density at radius 1 is 0.350 bits per heavy atom. The average molecular weight is 545 g/mol. The van der Waals surface area contributed by atoms with Crippen LogP contribution in [0.1, 0.15) is 22.3 Å². The van der Waals surface area contributed by atoms with Crippen LogP contribution in [0.4, 0.5) is 0 Å². The van der Waals surface area contributed by atoms with E-state index in [0.717, 1.165) is 0 Å². The lowest BCUT2D eigenvalue weighted by Gasteiger charge is -2.00. The molecule has 8 aromatic rings. The number of rotatable bonds is 4. The third-order valence-electron chi connectivity index (χ3n) is 7.61. The van der Waals surface area contributed by atoms with Crippen molar-refractivity contribution in [3.8, 4) is 0 Å². The highest BCUT2D eigenvalue weighted by Crippen LogP contribution is 2.44. The summed E-state index contributed by atoms with van der Waals surface area (Å²) in [5, 5.41) is 7.82. The Bertz CT molecular complexity index is 2110. The van der Waals surface area contributed by atoms with Crippen LogP contribution in [0.5, 0.6) is 0 Å². The van der Waals surface area contributed by atoms with Crippen molar-refractivity contribution < 1.29 is 0 Å². The van der Waals surface area contributed by atoms with E-state index in [2.05, 4.69) is 146 Å². The van der Waals surface area contributed by atoms with Gasteiger partial charge in [0.1, 0.15) is 0 Å². The average Bonchev–Trinajstić information content (AvgIpc) is 3.54. The van der Waals surface area contributed by atoms with Gasteiger partial charge < -0.3 is 0 Å². The zero-order valence-corrected chi connectivity index (χ0v) is 23.3. The smallest absolute Gasteiger partial charge is 0.0542 e. The quantitative estimate of drug-likeness (QED) is 0.193. The summed E-state index contributed by atoms with van der Waals surface area (Å²) in [7, 11) is 0. The first-order valence-corrected chi connectivity index (χ1v) is 15.1. The van der Waals surface area contributed by atoms with Crippen molar-refractivity contribution >= 4 is 98.1 Å². The lowest BCUT2D eigenvalue weighted by Crippen LogP contribution is -1.76. The third-order valence-corrected chi connectivity index (χ3v) is 10.1. The van der Waals surface area contributed by atoms with Gasteiger partial charge in [0.25, 0.3) is 0 Å². The Hall–Kier alpha value is -4.50. The summed E-state index contributed by atoms with van der Waals surface area (Å²) < 4.78 is 5.50. The van der Waals surface area contributed by atoms with Gasteiger partial charge in [0.15, 0.2) is 0 Å². The van der Waals surface area contributed by atoms with Crippen LogP contribution in [0.25, 0.3) is 75.4 Å². The molecule has 0 N–H and O–H groups in total. The highest BCUT2D eigenvalue weighted by Gasteiger charge is 2.12. The first-order valence-electron chi connectivity index (χ1n) is 13.5. The van der Waals surface area contributed by atoms with Crippen molar-refractivity contribution in [3.63, 3.8) is 0 Å². The number of hydrogen-bond donors (Lipinski definition) is 0. The van der Waals surface area contributed by atoms with Gasteiger partial charge >= 0.3 is 0 Å². The summed E-state index contributed by atoms with van der Waals surface area (Å²) in [6.45, 7) is 0. The minimum atomic E-state index is 1.22. The van der Waals surface area contributed by atoms with Gasteiger partial charge in [-0.3, -0.25) is 0 Å². The molecule has 2 heterocycles. The molecule has 0 atom stereocenters. The largest absolute Gasteiger partial charge is 0.134 e. The Morgan fingerprint density at radius 3 is 1.18 bits per heavy atom. The van der Waals surface area contributed by atoms with Crippen molar-refractivity contribution in [1.29, 1.82) is 0 Å². The number of hydrogen-bond acceptors (Lipinski definition) is 2. The van der Waals surface area contributed by atoms with Gasteiger partial charge in [-0.15, -0.1) is 22.7 Å². The fourth-order valence-electron chi connectivity index (χ4n) is 5.50. The van der Waals surface area contributed by atoms with E-state index in [9.17, 15) is 0 Å². The molecule has 0 bridgehead atoms. The maximum absolute atomic E-state index is 2.33. The summed E-state index contributed by atoms with van der Waals surface area (Å²) >= 11 is 3.82. The summed E-state index contributed by atoms with van der Waals surface area (Å²) in [6.07, 6.45) is 8.88. The fraction of sp³-hybridized carbons (Fsp3) is 0. The summed E-state index contributed by atoms with van der Waals surface area (Å²) in [5.41, 5.74) is 4.92. The summed E-state index contributed by atoms with van der Waals surface area (Å²) in [6, 6.07) is 44.1. The molecule has 0 radical (unpaired) electrons. The van der Waals surface area contributed by atoms with Crippen LogP contribution in [0.15, 0.2) is 121 Å². The van der Waals surface area contributed by atoms with E-state index in [1.54, 1.807) is 0 Å². The van der Waals surface area contributed by atoms with Gasteiger partial charge in [-0.2, -0.15) is 0 Å². The predicted molar refractivity (Wildman–Crippen MR) is 180 cm³/mol. The van der Waals surface area contributed by atoms with E-state index >= 15 is 0 Å². The number of thiophene rings is 2. The Morgan fingerprint density at radius 2 is 0.725 bits per heavy atom. The zero-order valence-electron chi connectivity index (χ0n) is 21.7. The van der Waals surface area contributed by atoms with Crippen molar-refractivity contribution in [2.45, 2.75) is 0 Å². The third kappa shape index (κ3) is 4.23. The molecule has 0 amide bonds. The second-order valence-electron chi connectivity index (χ2n) is 10.3. The lowest BCUT2D eigenvalue weighted by atomic mass is 10.1. The van der Waals surface area contributed by atoms with Gasteiger partial charge in [0.2, 0.25) is 0 Å². The van der Waals surface area contributed by atoms with Crippen LogP contribution >= 0.6 is 22.7 Å². The number of benzene rings is 6. The molecule has 2 heteroatoms. The van der Waals surface area contributed by atoms with Crippen molar-refractivity contribution in [2.24, 2.45) is 0 Å². The molecule has 188 valence electrons. The molecule has 0 unspecified atom stereocenters. The fourth-order valence-corrected chi connectivity index (χ4v) is 8.25. The maximum atomic E-state index is 2.33. The first kappa shape index (κ1) is 23.4. The second kappa shape index (κ2) is 9.60. The van der Waals surface area contributed by atoms with Crippen LogP contribution in [0.3, 0.4) is 0 Å². The van der Waals surface area contributed by atoms with Crippen LogP contribution < -0.4 is 0 Å². The normalized spacial score (nSPS) is 12.3. The molecule has 2 aromatic heterocycles. The first-order chi connectivity index (χ1) is 19.8. The van der Waals surface area contributed by atoms with E-state index in [4.69, 9.17) is 0 Å². The van der Waals surface area contributed by atoms with Crippen LogP contribution in [-0.2, 0) is 0 Å². The van der Waals surface area contributed by atoms with Crippen LogP contribution in [-0.4, -0.2) is 0 Å². The maximum Gasteiger partial charge on any atom is 0.0542 e. The Balaban J connectivity index is 1.09. The lowest BCUT2D eigenvalue weighted by molar-refractivity contribution is 1.70. The molecule has 0 aliphatic heterocycles. The molecular formula is C38H24S2.